The normalized spacial score (nSPS) is 16.4. The van der Waals surface area contributed by atoms with Crippen molar-refractivity contribution in [1.29, 1.82) is 0 Å². The van der Waals surface area contributed by atoms with E-state index in [2.05, 4.69) is 4.98 Å². The maximum absolute atomic E-state index is 13.7. The second kappa shape index (κ2) is 10.5. The zero-order valence-electron chi connectivity index (χ0n) is 22.9. The number of aryl methyl sites for hydroxylation is 2. The Morgan fingerprint density at radius 3 is 2.15 bits per heavy atom. The van der Waals surface area contributed by atoms with E-state index < -0.39 is 17.7 Å². The van der Waals surface area contributed by atoms with Crippen molar-refractivity contribution in [3.63, 3.8) is 0 Å². The van der Waals surface area contributed by atoms with Gasteiger partial charge in [0.25, 0.3) is 5.78 Å². The Balaban J connectivity index is 1.78. The molecule has 3 aromatic carbocycles. The molecule has 2 heterocycles. The summed E-state index contributed by atoms with van der Waals surface area (Å²) in [5.41, 5.74) is 3.25. The van der Waals surface area contributed by atoms with E-state index in [0.717, 1.165) is 15.8 Å². The van der Waals surface area contributed by atoms with E-state index in [-0.39, 0.29) is 11.3 Å². The van der Waals surface area contributed by atoms with Crippen molar-refractivity contribution in [2.45, 2.75) is 19.9 Å². The highest BCUT2D eigenvalue weighted by Crippen LogP contribution is 2.48. The lowest BCUT2D eigenvalue weighted by Crippen LogP contribution is -2.29. The number of amides is 1. The lowest BCUT2D eigenvalue weighted by Gasteiger charge is -2.24. The highest BCUT2D eigenvalue weighted by Gasteiger charge is 2.48. The number of aliphatic hydroxyl groups is 1. The maximum Gasteiger partial charge on any atom is 0.301 e. The first kappa shape index (κ1) is 27.0. The number of hydrogen-bond donors (Lipinski definition) is 1. The summed E-state index contributed by atoms with van der Waals surface area (Å²) in [4.78, 5) is 33.3. The Hall–Kier alpha value is -4.57. The Kier molecular flexibility index (Phi) is 7.12. The molecule has 1 N–H and O–H groups in total. The molecule has 10 heteroatoms. The standard InChI is InChI=1S/C30H28N2O7S/c1-15-7-9-19-23(11-15)40-30(31-19)32-25(18-13-21(37-4)28(39-6)22(14-18)38-5)24(27(34)29(32)35)26(33)17-8-10-20(36-3)16(2)12-17/h7-14,25,33H,1-6H3/b26-24+. The summed E-state index contributed by atoms with van der Waals surface area (Å²) in [6, 6.07) is 13.1. The van der Waals surface area contributed by atoms with E-state index >= 15 is 0 Å². The summed E-state index contributed by atoms with van der Waals surface area (Å²) in [6.07, 6.45) is 0. The fraction of sp³-hybridized carbons (Fsp3) is 0.233. The van der Waals surface area contributed by atoms with Crippen LogP contribution in [0, 0.1) is 13.8 Å². The third-order valence-corrected chi connectivity index (χ3v) is 7.87. The van der Waals surface area contributed by atoms with Crippen molar-refractivity contribution < 1.29 is 33.6 Å². The summed E-state index contributed by atoms with van der Waals surface area (Å²) < 4.78 is 22.8. The van der Waals surface area contributed by atoms with E-state index in [1.54, 1.807) is 37.4 Å². The van der Waals surface area contributed by atoms with E-state index in [9.17, 15) is 14.7 Å². The van der Waals surface area contributed by atoms with Crippen LogP contribution < -0.4 is 23.8 Å². The number of benzene rings is 3. The molecule has 40 heavy (non-hydrogen) atoms. The van der Waals surface area contributed by atoms with Gasteiger partial charge in [-0.3, -0.25) is 14.5 Å². The predicted octanol–water partition coefficient (Wildman–Crippen LogP) is 5.57. The van der Waals surface area contributed by atoms with Gasteiger partial charge in [-0.15, -0.1) is 0 Å². The molecule has 1 amide bonds. The van der Waals surface area contributed by atoms with Crippen LogP contribution in [0.2, 0.25) is 0 Å². The zero-order valence-corrected chi connectivity index (χ0v) is 23.7. The molecule has 4 aromatic rings. The fourth-order valence-electron chi connectivity index (χ4n) is 4.91. The molecule has 0 radical (unpaired) electrons. The number of aromatic nitrogens is 1. The first-order valence-electron chi connectivity index (χ1n) is 12.4. The third kappa shape index (κ3) is 4.40. The topological polar surface area (TPSA) is 107 Å². The van der Waals surface area contributed by atoms with Gasteiger partial charge in [-0.2, -0.15) is 0 Å². The minimum atomic E-state index is -1.03. The molecule has 0 bridgehead atoms. The number of carbonyl (C=O) groups is 2. The average Bonchev–Trinajstić information content (AvgIpc) is 3.48. The van der Waals surface area contributed by atoms with Crippen LogP contribution in [0.15, 0.2) is 54.1 Å². The fourth-order valence-corrected chi connectivity index (χ4v) is 6.00. The third-order valence-electron chi connectivity index (χ3n) is 6.85. The molecule has 1 aliphatic rings. The van der Waals surface area contributed by atoms with Crippen molar-refractivity contribution in [2.75, 3.05) is 33.3 Å². The predicted molar refractivity (Wildman–Crippen MR) is 153 cm³/mol. The quantitative estimate of drug-likeness (QED) is 0.178. The van der Waals surface area contributed by atoms with Crippen molar-refractivity contribution in [1.82, 2.24) is 4.98 Å². The van der Waals surface area contributed by atoms with Gasteiger partial charge >= 0.3 is 5.91 Å². The van der Waals surface area contributed by atoms with E-state index in [1.807, 2.05) is 32.0 Å². The number of hydrogen-bond acceptors (Lipinski definition) is 9. The van der Waals surface area contributed by atoms with E-state index in [1.165, 1.54) is 37.6 Å². The minimum Gasteiger partial charge on any atom is -0.507 e. The molecule has 0 aliphatic carbocycles. The summed E-state index contributed by atoms with van der Waals surface area (Å²) in [7, 11) is 6.00. The molecule has 1 unspecified atom stereocenters. The Morgan fingerprint density at radius 1 is 0.875 bits per heavy atom. The van der Waals surface area contributed by atoms with Gasteiger partial charge in [0.2, 0.25) is 5.75 Å². The van der Waals surface area contributed by atoms with Gasteiger partial charge in [-0.1, -0.05) is 17.4 Å². The van der Waals surface area contributed by atoms with Gasteiger partial charge < -0.3 is 24.1 Å². The van der Waals surface area contributed by atoms with Gasteiger partial charge in [0.1, 0.15) is 11.5 Å². The summed E-state index contributed by atoms with van der Waals surface area (Å²) in [5, 5.41) is 11.9. The van der Waals surface area contributed by atoms with Crippen LogP contribution in [0.1, 0.15) is 28.3 Å². The maximum atomic E-state index is 13.7. The molecule has 1 atom stereocenters. The Bertz CT molecular complexity index is 1670. The van der Waals surface area contributed by atoms with Gasteiger partial charge in [0.05, 0.1) is 50.3 Å². The lowest BCUT2D eigenvalue weighted by atomic mass is 9.94. The highest BCUT2D eigenvalue weighted by molar-refractivity contribution is 7.22. The molecule has 1 aliphatic heterocycles. The number of Topliss-reactive ketones (excluding diaryl/α,β-unsaturated/α-hetero) is 1. The van der Waals surface area contributed by atoms with Gasteiger partial charge in [-0.05, 0) is 73.0 Å². The number of carbonyl (C=O) groups excluding carboxylic acids is 2. The van der Waals surface area contributed by atoms with Crippen LogP contribution in [0.4, 0.5) is 5.13 Å². The molecule has 0 saturated carbocycles. The second-order valence-electron chi connectivity index (χ2n) is 9.28. The monoisotopic (exact) mass is 560 g/mol. The molecule has 1 saturated heterocycles. The first-order chi connectivity index (χ1) is 19.2. The van der Waals surface area contributed by atoms with Crippen LogP contribution in [0.25, 0.3) is 16.0 Å². The van der Waals surface area contributed by atoms with Crippen molar-refractivity contribution in [3.05, 3.63) is 76.4 Å². The Morgan fingerprint density at radius 2 is 1.55 bits per heavy atom. The Labute approximate surface area is 235 Å². The largest absolute Gasteiger partial charge is 0.507 e. The molecule has 1 fully saturated rings. The second-order valence-corrected chi connectivity index (χ2v) is 10.3. The molecule has 206 valence electrons. The number of thiazole rings is 1. The van der Waals surface area contributed by atoms with E-state index in [0.29, 0.717) is 44.8 Å². The van der Waals surface area contributed by atoms with Gasteiger partial charge in [0.15, 0.2) is 16.6 Å². The minimum absolute atomic E-state index is 0.0840. The number of rotatable bonds is 7. The molecule has 5 rings (SSSR count). The molecular weight excluding hydrogens is 532 g/mol. The zero-order chi connectivity index (χ0) is 28.7. The number of anilines is 1. The van der Waals surface area contributed by atoms with E-state index in [4.69, 9.17) is 18.9 Å². The average molecular weight is 561 g/mol. The SMILES string of the molecule is COc1ccc(/C(O)=C2\C(=O)C(=O)N(c3nc4ccc(C)cc4s3)C2c2cc(OC)c(OC)c(OC)c2)cc1C. The number of nitrogens with zero attached hydrogens (tertiary/aromatic N) is 2. The number of ether oxygens (including phenoxy) is 4. The van der Waals surface area contributed by atoms with Crippen LogP contribution in [-0.4, -0.2) is 50.2 Å². The van der Waals surface area contributed by atoms with Crippen molar-refractivity contribution in [3.8, 4) is 23.0 Å². The van der Waals surface area contributed by atoms with Gasteiger partial charge in [0, 0.05) is 5.56 Å². The molecule has 9 nitrogen and oxygen atoms in total. The molecule has 1 aromatic heterocycles. The number of aliphatic hydroxyl groups excluding tert-OH is 1. The first-order valence-corrected chi connectivity index (χ1v) is 13.2. The summed E-state index contributed by atoms with van der Waals surface area (Å²) >= 11 is 1.29. The highest BCUT2D eigenvalue weighted by atomic mass is 32.1. The number of fused-ring (bicyclic) bond motifs is 1. The summed E-state index contributed by atoms with van der Waals surface area (Å²) in [5.74, 6) is -0.302. The smallest absolute Gasteiger partial charge is 0.301 e. The van der Waals surface area contributed by atoms with Gasteiger partial charge in [-0.25, -0.2) is 4.98 Å². The molecule has 0 spiro atoms. The van der Waals surface area contributed by atoms with Crippen LogP contribution in [-0.2, 0) is 9.59 Å². The van der Waals surface area contributed by atoms with Crippen molar-refractivity contribution >= 4 is 44.1 Å². The van der Waals surface area contributed by atoms with Crippen molar-refractivity contribution in [2.24, 2.45) is 0 Å². The number of methoxy groups -OCH3 is 4. The van der Waals surface area contributed by atoms with Crippen LogP contribution in [0.3, 0.4) is 0 Å². The van der Waals surface area contributed by atoms with Crippen LogP contribution in [0.5, 0.6) is 23.0 Å². The van der Waals surface area contributed by atoms with Crippen LogP contribution >= 0.6 is 11.3 Å². The summed E-state index contributed by atoms with van der Waals surface area (Å²) in [6.45, 7) is 3.80. The number of ketones is 1. The molecular formula is C30H28N2O7S. The lowest BCUT2D eigenvalue weighted by molar-refractivity contribution is -0.132.